The van der Waals surface area contributed by atoms with E-state index in [1.54, 1.807) is 11.0 Å². The number of esters is 1. The van der Waals surface area contributed by atoms with Gasteiger partial charge in [0.2, 0.25) is 0 Å². The standard InChI is InChI=1S/C19H31N6O5P.C4H4O4/c1-13(2)8-15(19(26)28-4)25-6-5-7-30-31(25,27)12-29-14(3)9-24-11-23-16-17(20)21-10-22-18(16)24;5-3(6)1-2-4(7)8/h10-11,13-15H,5-9,12H2,1-4H3,(H2,20,21,22);1-2H,(H,5,6)(H,7,8)/b;2-1+/t14-,15+,31-;/m1./s1. The number of rotatable bonds is 11. The second-order valence-electron chi connectivity index (χ2n) is 9.10. The van der Waals surface area contributed by atoms with Crippen LogP contribution in [0.25, 0.3) is 11.2 Å². The first kappa shape index (κ1) is 31.8. The average Bonchev–Trinajstić information content (AvgIpc) is 3.29. The molecule has 15 nitrogen and oxygen atoms in total. The number of aliphatic carboxylic acids is 2. The van der Waals surface area contributed by atoms with Gasteiger partial charge in [-0.3, -0.25) is 9.36 Å². The van der Waals surface area contributed by atoms with Gasteiger partial charge in [-0.2, -0.15) is 0 Å². The molecule has 1 aliphatic rings. The molecule has 2 aromatic rings. The Labute approximate surface area is 225 Å². The van der Waals surface area contributed by atoms with E-state index in [0.717, 1.165) is 0 Å². The molecule has 3 heterocycles. The fourth-order valence-electron chi connectivity index (χ4n) is 3.79. The fraction of sp³-hybridized carbons (Fsp3) is 0.565. The molecule has 0 bridgehead atoms. The minimum atomic E-state index is -3.36. The molecule has 16 heteroatoms. The first-order chi connectivity index (χ1) is 18.4. The van der Waals surface area contributed by atoms with E-state index in [4.69, 9.17) is 29.9 Å². The minimum Gasteiger partial charge on any atom is -0.478 e. The van der Waals surface area contributed by atoms with Crippen LogP contribution in [0.5, 0.6) is 0 Å². The van der Waals surface area contributed by atoms with Crippen LogP contribution in [0.3, 0.4) is 0 Å². The SMILES string of the molecule is COC(=O)[C@H](CC(C)C)N1CCCO[P@]1(=O)CO[C@H](C)Cn1cnc2c(N)ncnc21.O=C(O)/C=C/C(=O)O. The van der Waals surface area contributed by atoms with Crippen molar-refractivity contribution >= 4 is 42.4 Å². The quantitative estimate of drug-likeness (QED) is 0.200. The fourth-order valence-corrected chi connectivity index (χ4v) is 6.08. The molecule has 0 saturated carbocycles. The lowest BCUT2D eigenvalue weighted by molar-refractivity contribution is -0.146. The highest BCUT2D eigenvalue weighted by molar-refractivity contribution is 7.56. The number of nitrogen functional groups attached to an aromatic ring is 1. The van der Waals surface area contributed by atoms with Gasteiger partial charge in [0, 0.05) is 18.7 Å². The summed E-state index contributed by atoms with van der Waals surface area (Å²) in [6.07, 6.45) is 4.90. The Hall–Kier alpha value is -3.39. The van der Waals surface area contributed by atoms with E-state index in [9.17, 15) is 18.9 Å². The van der Waals surface area contributed by atoms with Gasteiger partial charge in [-0.1, -0.05) is 13.8 Å². The molecule has 0 aromatic carbocycles. The van der Waals surface area contributed by atoms with Crippen molar-refractivity contribution in [2.75, 3.05) is 32.3 Å². The van der Waals surface area contributed by atoms with Crippen LogP contribution < -0.4 is 5.73 Å². The summed E-state index contributed by atoms with van der Waals surface area (Å²) < 4.78 is 33.7. The van der Waals surface area contributed by atoms with Crippen LogP contribution in [0.1, 0.15) is 33.6 Å². The summed E-state index contributed by atoms with van der Waals surface area (Å²) in [6.45, 7) is 7.17. The molecule has 1 fully saturated rings. The topological polar surface area (TPSA) is 209 Å². The number of imidazole rings is 1. The number of nitrogens with zero attached hydrogens (tertiary/aromatic N) is 5. The summed E-state index contributed by atoms with van der Waals surface area (Å²) in [5.74, 6) is -2.38. The number of carbonyl (C=O) groups is 3. The number of anilines is 1. The van der Waals surface area contributed by atoms with Crippen LogP contribution in [0.2, 0.25) is 0 Å². The van der Waals surface area contributed by atoms with Crippen LogP contribution in [-0.2, 0) is 39.5 Å². The van der Waals surface area contributed by atoms with Crippen LogP contribution in [0.4, 0.5) is 5.82 Å². The number of ether oxygens (including phenoxy) is 2. The second-order valence-corrected chi connectivity index (χ2v) is 11.4. The molecule has 39 heavy (non-hydrogen) atoms. The molecule has 0 aliphatic carbocycles. The Bertz CT molecular complexity index is 1200. The van der Waals surface area contributed by atoms with Crippen molar-refractivity contribution in [1.82, 2.24) is 24.2 Å². The van der Waals surface area contributed by atoms with E-state index in [2.05, 4.69) is 15.0 Å². The summed E-state index contributed by atoms with van der Waals surface area (Å²) in [4.78, 5) is 43.9. The summed E-state index contributed by atoms with van der Waals surface area (Å²) in [5.41, 5.74) is 6.96. The zero-order valence-electron chi connectivity index (χ0n) is 22.3. The van der Waals surface area contributed by atoms with Gasteiger partial charge in [-0.05, 0) is 25.7 Å². The van der Waals surface area contributed by atoms with Gasteiger partial charge in [0.1, 0.15) is 24.2 Å². The van der Waals surface area contributed by atoms with Gasteiger partial charge in [0.05, 0.1) is 32.7 Å². The van der Waals surface area contributed by atoms with Gasteiger partial charge >= 0.3 is 17.9 Å². The van der Waals surface area contributed by atoms with E-state index in [1.165, 1.54) is 13.4 Å². The Morgan fingerprint density at radius 3 is 2.44 bits per heavy atom. The van der Waals surface area contributed by atoms with E-state index in [-0.39, 0.29) is 18.4 Å². The van der Waals surface area contributed by atoms with Gasteiger partial charge < -0.3 is 34.5 Å². The molecule has 0 spiro atoms. The van der Waals surface area contributed by atoms with Crippen molar-refractivity contribution in [3.63, 3.8) is 0 Å². The van der Waals surface area contributed by atoms with Gasteiger partial charge in [0.25, 0.3) is 7.52 Å². The van der Waals surface area contributed by atoms with E-state index < -0.39 is 31.5 Å². The van der Waals surface area contributed by atoms with Crippen molar-refractivity contribution in [2.24, 2.45) is 5.92 Å². The largest absolute Gasteiger partial charge is 0.478 e. The second kappa shape index (κ2) is 14.7. The smallest absolute Gasteiger partial charge is 0.328 e. The number of carboxylic acids is 2. The molecule has 3 rings (SSSR count). The van der Waals surface area contributed by atoms with E-state index in [0.29, 0.717) is 61.7 Å². The van der Waals surface area contributed by atoms with Crippen molar-refractivity contribution in [3.05, 3.63) is 24.8 Å². The lowest BCUT2D eigenvalue weighted by Gasteiger charge is -2.39. The molecule has 0 unspecified atom stereocenters. The number of fused-ring (bicyclic) bond motifs is 1. The number of hydrogen-bond donors (Lipinski definition) is 3. The Kier molecular flexibility index (Phi) is 12.0. The number of nitrogens with two attached hydrogens (primary N) is 1. The van der Waals surface area contributed by atoms with Crippen molar-refractivity contribution in [1.29, 1.82) is 0 Å². The normalized spacial score (nSPS) is 19.4. The van der Waals surface area contributed by atoms with Gasteiger partial charge in [-0.15, -0.1) is 0 Å². The van der Waals surface area contributed by atoms with E-state index in [1.807, 2.05) is 25.3 Å². The summed E-state index contributed by atoms with van der Waals surface area (Å²) >= 11 is 0. The number of carbonyl (C=O) groups excluding carboxylic acids is 1. The monoisotopic (exact) mass is 570 g/mol. The van der Waals surface area contributed by atoms with Crippen LogP contribution >= 0.6 is 7.52 Å². The van der Waals surface area contributed by atoms with E-state index >= 15 is 0 Å². The molecule has 1 aliphatic heterocycles. The minimum absolute atomic E-state index is 0.122. The lowest BCUT2D eigenvalue weighted by atomic mass is 10.0. The third kappa shape index (κ3) is 9.39. The first-order valence-electron chi connectivity index (χ1n) is 12.1. The van der Waals surface area contributed by atoms with Gasteiger partial charge in [0.15, 0.2) is 11.5 Å². The van der Waals surface area contributed by atoms with Crippen molar-refractivity contribution in [3.8, 4) is 0 Å². The maximum Gasteiger partial charge on any atom is 0.328 e. The zero-order valence-corrected chi connectivity index (χ0v) is 23.2. The Morgan fingerprint density at radius 2 is 1.85 bits per heavy atom. The number of hydrogen-bond acceptors (Lipinski definition) is 11. The molecule has 0 amide bonds. The average molecular weight is 571 g/mol. The molecular formula is C23H35N6O9P. The predicted octanol–water partition coefficient (Wildman–Crippen LogP) is 1.99. The molecule has 1 saturated heterocycles. The summed E-state index contributed by atoms with van der Waals surface area (Å²) in [5, 5.41) is 15.6. The summed E-state index contributed by atoms with van der Waals surface area (Å²) in [6, 6.07) is -0.632. The van der Waals surface area contributed by atoms with Crippen LogP contribution in [-0.4, -0.2) is 91.1 Å². The molecule has 2 aromatic heterocycles. The summed E-state index contributed by atoms with van der Waals surface area (Å²) in [7, 11) is -2.02. The maximum atomic E-state index is 13.7. The highest BCUT2D eigenvalue weighted by Gasteiger charge is 2.43. The van der Waals surface area contributed by atoms with Gasteiger partial charge in [-0.25, -0.2) is 29.2 Å². The zero-order chi connectivity index (χ0) is 29.2. The predicted molar refractivity (Wildman–Crippen MR) is 140 cm³/mol. The molecule has 4 N–H and O–H groups in total. The molecule has 216 valence electrons. The third-order valence-corrected chi connectivity index (χ3v) is 7.84. The third-order valence-electron chi connectivity index (χ3n) is 5.52. The molecular weight excluding hydrogens is 535 g/mol. The van der Waals surface area contributed by atoms with Crippen LogP contribution in [0, 0.1) is 5.92 Å². The first-order valence-corrected chi connectivity index (χ1v) is 13.9. The van der Waals surface area contributed by atoms with Crippen molar-refractivity contribution < 1.29 is 43.2 Å². The van der Waals surface area contributed by atoms with Crippen LogP contribution in [0.15, 0.2) is 24.8 Å². The van der Waals surface area contributed by atoms with Crippen molar-refractivity contribution in [2.45, 2.75) is 52.3 Å². The Balaban J connectivity index is 0.000000580. The number of aromatic nitrogens is 4. The highest BCUT2D eigenvalue weighted by Crippen LogP contribution is 2.55. The highest BCUT2D eigenvalue weighted by atomic mass is 31.2. The number of methoxy groups -OCH3 is 1. The molecule has 0 radical (unpaired) electrons. The number of carboxylic acid groups (broad SMARTS) is 2. The lowest BCUT2D eigenvalue weighted by Crippen LogP contribution is -2.44. The molecule has 3 atom stereocenters. The maximum absolute atomic E-state index is 13.7. The Morgan fingerprint density at radius 1 is 1.18 bits per heavy atom.